The molecule has 1 aromatic heterocycles. The molecule has 0 saturated carbocycles. The molecule has 2 rings (SSSR count). The maximum atomic E-state index is 8.69. The van der Waals surface area contributed by atoms with E-state index in [4.69, 9.17) is 11.0 Å². The van der Waals surface area contributed by atoms with Gasteiger partial charge in [-0.1, -0.05) is 0 Å². The lowest BCUT2D eigenvalue weighted by Gasteiger charge is -2.12. The fraction of sp³-hybridized carbons (Fsp3) is 0.455. The van der Waals surface area contributed by atoms with Crippen LogP contribution in [0.3, 0.4) is 0 Å². The van der Waals surface area contributed by atoms with E-state index in [1.54, 1.807) is 12.3 Å². The van der Waals surface area contributed by atoms with Crippen molar-refractivity contribution in [3.05, 3.63) is 17.8 Å². The molecule has 16 heavy (non-hydrogen) atoms. The zero-order valence-electron chi connectivity index (χ0n) is 8.94. The van der Waals surface area contributed by atoms with Crippen LogP contribution in [-0.4, -0.2) is 23.0 Å². The van der Waals surface area contributed by atoms with Gasteiger partial charge in [0.1, 0.15) is 11.9 Å². The van der Waals surface area contributed by atoms with Crippen molar-refractivity contribution in [1.82, 2.24) is 4.98 Å². The SMILES string of the molecule is N#Cc1cnc(NCC2CCSC2)c(N)c1. The Morgan fingerprint density at radius 2 is 2.56 bits per heavy atom. The van der Waals surface area contributed by atoms with Crippen molar-refractivity contribution in [1.29, 1.82) is 5.26 Å². The zero-order valence-corrected chi connectivity index (χ0v) is 9.76. The summed E-state index contributed by atoms with van der Waals surface area (Å²) in [4.78, 5) is 4.14. The van der Waals surface area contributed by atoms with Gasteiger partial charge in [0, 0.05) is 12.7 Å². The number of nitrogens with zero attached hydrogens (tertiary/aromatic N) is 2. The second-order valence-electron chi connectivity index (χ2n) is 3.88. The molecule has 1 atom stereocenters. The summed E-state index contributed by atoms with van der Waals surface area (Å²) in [7, 11) is 0. The van der Waals surface area contributed by atoms with Gasteiger partial charge in [-0.25, -0.2) is 4.98 Å². The molecule has 1 unspecified atom stereocenters. The quantitative estimate of drug-likeness (QED) is 0.832. The van der Waals surface area contributed by atoms with Gasteiger partial charge in [-0.2, -0.15) is 17.0 Å². The number of hydrogen-bond donors (Lipinski definition) is 2. The fourth-order valence-corrected chi connectivity index (χ4v) is 2.96. The van der Waals surface area contributed by atoms with E-state index in [1.165, 1.54) is 17.9 Å². The van der Waals surface area contributed by atoms with Crippen LogP contribution in [0.4, 0.5) is 11.5 Å². The van der Waals surface area contributed by atoms with Crippen LogP contribution in [0.15, 0.2) is 12.3 Å². The Kier molecular flexibility index (Phi) is 3.52. The summed E-state index contributed by atoms with van der Waals surface area (Å²) in [6.45, 7) is 0.913. The Labute approximate surface area is 99.2 Å². The average molecular weight is 234 g/mol. The second kappa shape index (κ2) is 5.08. The highest BCUT2D eigenvalue weighted by Crippen LogP contribution is 2.24. The van der Waals surface area contributed by atoms with Crippen LogP contribution in [0, 0.1) is 17.2 Å². The summed E-state index contributed by atoms with van der Waals surface area (Å²) in [5.41, 5.74) is 6.85. The molecule has 1 fully saturated rings. The van der Waals surface area contributed by atoms with Crippen molar-refractivity contribution in [2.24, 2.45) is 5.92 Å². The number of anilines is 2. The number of nitriles is 1. The Morgan fingerprint density at radius 1 is 1.69 bits per heavy atom. The Bertz CT molecular complexity index is 407. The third-order valence-corrected chi connectivity index (χ3v) is 3.86. The van der Waals surface area contributed by atoms with Crippen LogP contribution in [0.1, 0.15) is 12.0 Å². The minimum atomic E-state index is 0.500. The smallest absolute Gasteiger partial charge is 0.149 e. The summed E-state index contributed by atoms with van der Waals surface area (Å²) in [6, 6.07) is 3.67. The molecular weight excluding hydrogens is 220 g/mol. The molecule has 0 radical (unpaired) electrons. The highest BCUT2D eigenvalue weighted by atomic mass is 32.2. The van der Waals surface area contributed by atoms with Crippen LogP contribution in [0.2, 0.25) is 0 Å². The number of hydrogen-bond acceptors (Lipinski definition) is 5. The molecule has 5 heteroatoms. The molecule has 0 spiro atoms. The van der Waals surface area contributed by atoms with E-state index in [0.29, 0.717) is 23.0 Å². The first-order valence-electron chi connectivity index (χ1n) is 5.27. The van der Waals surface area contributed by atoms with E-state index in [9.17, 15) is 0 Å². The minimum Gasteiger partial charge on any atom is -0.396 e. The lowest BCUT2D eigenvalue weighted by atomic mass is 10.1. The molecule has 2 heterocycles. The van der Waals surface area contributed by atoms with E-state index in [-0.39, 0.29) is 0 Å². The molecule has 84 valence electrons. The molecule has 4 nitrogen and oxygen atoms in total. The van der Waals surface area contributed by atoms with Crippen molar-refractivity contribution >= 4 is 23.3 Å². The number of nitrogen functional groups attached to an aromatic ring is 1. The summed E-state index contributed by atoms with van der Waals surface area (Å²) in [5.74, 6) is 3.86. The first-order valence-corrected chi connectivity index (χ1v) is 6.42. The summed E-state index contributed by atoms with van der Waals surface area (Å²) >= 11 is 1.99. The monoisotopic (exact) mass is 234 g/mol. The largest absolute Gasteiger partial charge is 0.396 e. The third-order valence-electron chi connectivity index (χ3n) is 2.63. The molecule has 1 aliphatic heterocycles. The standard InChI is InChI=1S/C11H14N4S/c12-4-9-3-10(13)11(15-6-9)14-5-8-1-2-16-7-8/h3,6,8H,1-2,5,7,13H2,(H,14,15). The van der Waals surface area contributed by atoms with Crippen LogP contribution < -0.4 is 11.1 Å². The summed E-state index contributed by atoms with van der Waals surface area (Å²) in [6.07, 6.45) is 2.80. The van der Waals surface area contributed by atoms with Crippen LogP contribution in [-0.2, 0) is 0 Å². The lowest BCUT2D eigenvalue weighted by Crippen LogP contribution is -2.15. The van der Waals surface area contributed by atoms with Gasteiger partial charge in [-0.05, 0) is 29.9 Å². The molecular formula is C11H14N4S. The number of thioether (sulfide) groups is 1. The Balaban J connectivity index is 1.96. The van der Waals surface area contributed by atoms with Crippen molar-refractivity contribution < 1.29 is 0 Å². The first kappa shape index (κ1) is 11.1. The van der Waals surface area contributed by atoms with Crippen LogP contribution in [0.5, 0.6) is 0 Å². The van der Waals surface area contributed by atoms with E-state index >= 15 is 0 Å². The fourth-order valence-electron chi connectivity index (χ4n) is 1.68. The molecule has 1 aliphatic rings. The maximum absolute atomic E-state index is 8.69. The first-order chi connectivity index (χ1) is 7.79. The number of nitrogens with two attached hydrogens (primary N) is 1. The number of aromatic nitrogens is 1. The van der Waals surface area contributed by atoms with Crippen LogP contribution in [0.25, 0.3) is 0 Å². The van der Waals surface area contributed by atoms with Gasteiger partial charge < -0.3 is 11.1 Å². The zero-order chi connectivity index (χ0) is 11.4. The van der Waals surface area contributed by atoms with Crippen molar-refractivity contribution in [3.63, 3.8) is 0 Å². The molecule has 1 saturated heterocycles. The topological polar surface area (TPSA) is 74.7 Å². The van der Waals surface area contributed by atoms with E-state index < -0.39 is 0 Å². The molecule has 0 aromatic carbocycles. The van der Waals surface area contributed by atoms with Gasteiger partial charge in [0.25, 0.3) is 0 Å². The van der Waals surface area contributed by atoms with Gasteiger partial charge in [0.15, 0.2) is 0 Å². The van der Waals surface area contributed by atoms with E-state index in [2.05, 4.69) is 10.3 Å². The van der Waals surface area contributed by atoms with Crippen LogP contribution >= 0.6 is 11.8 Å². The third kappa shape index (κ3) is 2.58. The van der Waals surface area contributed by atoms with E-state index in [0.717, 1.165) is 6.54 Å². The van der Waals surface area contributed by atoms with Gasteiger partial charge in [-0.15, -0.1) is 0 Å². The van der Waals surface area contributed by atoms with E-state index in [1.807, 2.05) is 17.8 Å². The summed E-state index contributed by atoms with van der Waals surface area (Å²) < 4.78 is 0. The highest BCUT2D eigenvalue weighted by Gasteiger charge is 2.15. The van der Waals surface area contributed by atoms with Gasteiger partial charge in [-0.3, -0.25) is 0 Å². The lowest BCUT2D eigenvalue weighted by molar-refractivity contribution is 0.631. The van der Waals surface area contributed by atoms with Crippen molar-refractivity contribution in [2.45, 2.75) is 6.42 Å². The normalized spacial score (nSPS) is 19.3. The average Bonchev–Trinajstić information content (AvgIpc) is 2.80. The highest BCUT2D eigenvalue weighted by molar-refractivity contribution is 7.99. The minimum absolute atomic E-state index is 0.500. The maximum Gasteiger partial charge on any atom is 0.149 e. The molecule has 3 N–H and O–H groups in total. The molecule has 0 amide bonds. The predicted molar refractivity (Wildman–Crippen MR) is 67.3 cm³/mol. The number of rotatable bonds is 3. The Morgan fingerprint density at radius 3 is 3.19 bits per heavy atom. The predicted octanol–water partition coefficient (Wildman–Crippen LogP) is 1.70. The molecule has 1 aromatic rings. The molecule has 0 aliphatic carbocycles. The van der Waals surface area contributed by atoms with Crippen molar-refractivity contribution in [3.8, 4) is 6.07 Å². The number of nitrogens with one attached hydrogen (secondary N) is 1. The molecule has 0 bridgehead atoms. The number of pyridine rings is 1. The van der Waals surface area contributed by atoms with Gasteiger partial charge in [0.2, 0.25) is 0 Å². The Hall–Kier alpha value is -1.41. The second-order valence-corrected chi connectivity index (χ2v) is 5.03. The summed E-state index contributed by atoms with van der Waals surface area (Å²) in [5, 5.41) is 11.9. The van der Waals surface area contributed by atoms with Gasteiger partial charge in [0.05, 0.1) is 11.3 Å². The van der Waals surface area contributed by atoms with Gasteiger partial charge >= 0.3 is 0 Å². The van der Waals surface area contributed by atoms with Crippen molar-refractivity contribution in [2.75, 3.05) is 29.1 Å².